The molecule has 0 spiro atoms. The van der Waals surface area contributed by atoms with Gasteiger partial charge in [-0.1, -0.05) is 31.2 Å². The van der Waals surface area contributed by atoms with Gasteiger partial charge in [0.2, 0.25) is 5.91 Å². The molecule has 1 aromatic heterocycles. The maximum Gasteiger partial charge on any atom is 0.225 e. The van der Waals surface area contributed by atoms with Crippen LogP contribution in [-0.2, 0) is 23.8 Å². The standard InChI is InChI=1S/C20H28N4O/c1-5-14-6-8-16(9-7-14)20(2,3)23-19(25)18-12-21-11-17(18)15-10-22-24(4)13-15/h6-10,13,17-18,21H,5,11-12H2,1-4H3,(H,23,25)/t17-,18+/m1/s1. The van der Waals surface area contributed by atoms with E-state index in [1.807, 2.05) is 19.4 Å². The Morgan fingerprint density at radius 2 is 2.04 bits per heavy atom. The van der Waals surface area contributed by atoms with Crippen LogP contribution in [0.3, 0.4) is 0 Å². The number of aryl methyl sites for hydroxylation is 2. The number of carbonyl (C=O) groups is 1. The molecule has 1 aliphatic heterocycles. The van der Waals surface area contributed by atoms with Crippen LogP contribution in [-0.4, -0.2) is 28.8 Å². The van der Waals surface area contributed by atoms with Crippen molar-refractivity contribution in [2.24, 2.45) is 13.0 Å². The average Bonchev–Trinajstić information content (AvgIpc) is 3.23. The zero-order valence-electron chi connectivity index (χ0n) is 15.5. The first-order chi connectivity index (χ1) is 11.9. The van der Waals surface area contributed by atoms with Crippen LogP contribution in [0.5, 0.6) is 0 Å². The lowest BCUT2D eigenvalue weighted by Crippen LogP contribution is -2.45. The fourth-order valence-electron chi connectivity index (χ4n) is 3.57. The molecule has 2 heterocycles. The molecule has 5 heteroatoms. The zero-order valence-corrected chi connectivity index (χ0v) is 15.5. The second-order valence-corrected chi connectivity index (χ2v) is 7.48. The van der Waals surface area contributed by atoms with Crippen LogP contribution in [0, 0.1) is 5.92 Å². The van der Waals surface area contributed by atoms with Crippen molar-refractivity contribution < 1.29 is 4.79 Å². The van der Waals surface area contributed by atoms with Crippen molar-refractivity contribution in [2.75, 3.05) is 13.1 Å². The lowest BCUT2D eigenvalue weighted by Gasteiger charge is -2.30. The highest BCUT2D eigenvalue weighted by Crippen LogP contribution is 2.29. The number of carbonyl (C=O) groups excluding carboxylic acids is 1. The van der Waals surface area contributed by atoms with E-state index in [9.17, 15) is 4.79 Å². The highest BCUT2D eigenvalue weighted by Gasteiger charge is 2.37. The Morgan fingerprint density at radius 1 is 1.32 bits per heavy atom. The fourth-order valence-corrected chi connectivity index (χ4v) is 3.57. The molecule has 1 aliphatic rings. The van der Waals surface area contributed by atoms with Crippen LogP contribution in [0.2, 0.25) is 0 Å². The second-order valence-electron chi connectivity index (χ2n) is 7.48. The van der Waals surface area contributed by atoms with Gasteiger partial charge in [0, 0.05) is 32.3 Å². The van der Waals surface area contributed by atoms with Crippen LogP contribution < -0.4 is 10.6 Å². The molecule has 0 saturated carbocycles. The molecular formula is C20H28N4O. The Balaban J connectivity index is 1.73. The molecule has 2 atom stereocenters. The van der Waals surface area contributed by atoms with Crippen molar-refractivity contribution in [3.05, 3.63) is 53.3 Å². The van der Waals surface area contributed by atoms with E-state index >= 15 is 0 Å². The molecule has 134 valence electrons. The fraction of sp³-hybridized carbons (Fsp3) is 0.500. The van der Waals surface area contributed by atoms with Crippen LogP contribution in [0.25, 0.3) is 0 Å². The summed E-state index contributed by atoms with van der Waals surface area (Å²) in [7, 11) is 1.91. The summed E-state index contributed by atoms with van der Waals surface area (Å²) >= 11 is 0. The molecule has 3 rings (SSSR count). The maximum absolute atomic E-state index is 13.0. The molecule has 1 amide bonds. The van der Waals surface area contributed by atoms with E-state index in [0.717, 1.165) is 24.1 Å². The molecule has 0 unspecified atom stereocenters. The van der Waals surface area contributed by atoms with Crippen molar-refractivity contribution in [1.29, 1.82) is 0 Å². The molecular weight excluding hydrogens is 312 g/mol. The van der Waals surface area contributed by atoms with Gasteiger partial charge in [0.05, 0.1) is 17.7 Å². The second kappa shape index (κ2) is 7.00. The molecule has 5 nitrogen and oxygen atoms in total. The summed E-state index contributed by atoms with van der Waals surface area (Å²) in [5.74, 6) is 0.203. The van der Waals surface area contributed by atoms with Gasteiger partial charge in [-0.15, -0.1) is 0 Å². The SMILES string of the molecule is CCc1ccc(C(C)(C)NC(=O)[C@H]2CNC[C@@H]2c2cnn(C)c2)cc1. The van der Waals surface area contributed by atoms with Crippen molar-refractivity contribution >= 4 is 5.91 Å². The van der Waals surface area contributed by atoms with E-state index in [1.54, 1.807) is 4.68 Å². The monoisotopic (exact) mass is 340 g/mol. The minimum atomic E-state index is -0.397. The number of amides is 1. The Labute approximate surface area is 149 Å². The Kier molecular flexibility index (Phi) is 4.95. The average molecular weight is 340 g/mol. The number of aromatic nitrogens is 2. The van der Waals surface area contributed by atoms with Crippen LogP contribution in [0.4, 0.5) is 0 Å². The molecule has 0 aliphatic carbocycles. The van der Waals surface area contributed by atoms with Gasteiger partial charge in [-0.2, -0.15) is 5.10 Å². The number of hydrogen-bond donors (Lipinski definition) is 2. The molecule has 25 heavy (non-hydrogen) atoms. The third-order valence-electron chi connectivity index (χ3n) is 5.22. The van der Waals surface area contributed by atoms with Crippen molar-refractivity contribution in [2.45, 2.75) is 38.6 Å². The molecule has 1 fully saturated rings. The predicted molar refractivity (Wildman–Crippen MR) is 99.3 cm³/mol. The molecule has 0 radical (unpaired) electrons. The van der Waals surface area contributed by atoms with Gasteiger partial charge in [0.15, 0.2) is 0 Å². The van der Waals surface area contributed by atoms with Crippen molar-refractivity contribution in [1.82, 2.24) is 20.4 Å². The highest BCUT2D eigenvalue weighted by atomic mass is 16.2. The van der Waals surface area contributed by atoms with E-state index < -0.39 is 5.54 Å². The number of rotatable bonds is 5. The van der Waals surface area contributed by atoms with Crippen LogP contribution >= 0.6 is 0 Å². The van der Waals surface area contributed by atoms with Gasteiger partial charge < -0.3 is 10.6 Å². The lowest BCUT2D eigenvalue weighted by atomic mass is 9.87. The van der Waals surface area contributed by atoms with Crippen LogP contribution in [0.1, 0.15) is 43.4 Å². The minimum Gasteiger partial charge on any atom is -0.347 e. The normalized spacial score (nSPS) is 20.6. The zero-order chi connectivity index (χ0) is 18.0. The summed E-state index contributed by atoms with van der Waals surface area (Å²) in [6.45, 7) is 7.79. The van der Waals surface area contributed by atoms with Gasteiger partial charge in [0.25, 0.3) is 0 Å². The van der Waals surface area contributed by atoms with Gasteiger partial charge in [-0.05, 0) is 37.0 Å². The van der Waals surface area contributed by atoms with E-state index in [4.69, 9.17) is 0 Å². The summed E-state index contributed by atoms with van der Waals surface area (Å²) < 4.78 is 1.79. The molecule has 1 aromatic carbocycles. The first kappa shape index (κ1) is 17.7. The summed E-state index contributed by atoms with van der Waals surface area (Å²) in [6.07, 6.45) is 4.90. The first-order valence-corrected chi connectivity index (χ1v) is 9.01. The minimum absolute atomic E-state index is 0.0709. The third kappa shape index (κ3) is 3.76. The summed E-state index contributed by atoms with van der Waals surface area (Å²) in [5, 5.41) is 10.9. The van der Waals surface area contributed by atoms with Crippen LogP contribution in [0.15, 0.2) is 36.7 Å². The summed E-state index contributed by atoms with van der Waals surface area (Å²) in [5.41, 5.74) is 3.16. The molecule has 0 bridgehead atoms. The highest BCUT2D eigenvalue weighted by molar-refractivity contribution is 5.81. The maximum atomic E-state index is 13.0. The van der Waals surface area contributed by atoms with E-state index in [-0.39, 0.29) is 17.7 Å². The number of hydrogen-bond acceptors (Lipinski definition) is 3. The summed E-state index contributed by atoms with van der Waals surface area (Å²) in [6, 6.07) is 8.51. The van der Waals surface area contributed by atoms with E-state index in [1.165, 1.54) is 5.56 Å². The van der Waals surface area contributed by atoms with Gasteiger partial charge in [-0.3, -0.25) is 9.48 Å². The topological polar surface area (TPSA) is 59.0 Å². The molecule has 1 saturated heterocycles. The first-order valence-electron chi connectivity index (χ1n) is 9.01. The Morgan fingerprint density at radius 3 is 2.64 bits per heavy atom. The smallest absolute Gasteiger partial charge is 0.225 e. The van der Waals surface area contributed by atoms with Crippen molar-refractivity contribution in [3.63, 3.8) is 0 Å². The van der Waals surface area contributed by atoms with E-state index in [2.05, 4.69) is 60.8 Å². The number of nitrogens with one attached hydrogen (secondary N) is 2. The molecule has 2 N–H and O–H groups in total. The number of nitrogens with zero attached hydrogens (tertiary/aromatic N) is 2. The molecule has 2 aromatic rings. The Hall–Kier alpha value is -2.14. The predicted octanol–water partition coefficient (Wildman–Crippen LogP) is 2.34. The van der Waals surface area contributed by atoms with E-state index in [0.29, 0.717) is 6.54 Å². The quantitative estimate of drug-likeness (QED) is 0.878. The number of benzene rings is 1. The van der Waals surface area contributed by atoms with Gasteiger partial charge in [-0.25, -0.2) is 0 Å². The summed E-state index contributed by atoms with van der Waals surface area (Å²) in [4.78, 5) is 13.0. The van der Waals surface area contributed by atoms with Gasteiger partial charge >= 0.3 is 0 Å². The Bertz CT molecular complexity index is 732. The van der Waals surface area contributed by atoms with Gasteiger partial charge in [0.1, 0.15) is 0 Å². The largest absolute Gasteiger partial charge is 0.347 e. The lowest BCUT2D eigenvalue weighted by molar-refractivity contribution is -0.126. The van der Waals surface area contributed by atoms with Crippen molar-refractivity contribution in [3.8, 4) is 0 Å². The third-order valence-corrected chi connectivity index (χ3v) is 5.22.